The summed E-state index contributed by atoms with van der Waals surface area (Å²) in [6, 6.07) is 35.4. The Morgan fingerprint density at radius 1 is 0.812 bits per heavy atom. The van der Waals surface area contributed by atoms with E-state index >= 15 is 0 Å². The standard InChI is InChI=1S/C41H46NO5P/c1-6-47-37(44)34(40(45,48-46)27-29-22-23-33-35(26-29)39(4,5)28-38(33,2)3)24-25-36(43)42-41(30-16-10-7-11-17-30,31-18-12-8-13-19-31)32-20-14-9-15-21-32/h7-23,26,34,45H,6,24-25,27-28H2,1-5H3,(H,42,43). The zero-order valence-electron chi connectivity index (χ0n) is 28.5. The third-order valence-corrected chi connectivity index (χ3v) is 10.6. The molecule has 2 unspecified atom stereocenters. The van der Waals surface area contributed by atoms with Crippen LogP contribution in [-0.4, -0.2) is 28.9 Å². The summed E-state index contributed by atoms with van der Waals surface area (Å²) in [6.45, 7) is 10.7. The molecule has 0 heterocycles. The summed E-state index contributed by atoms with van der Waals surface area (Å²) in [5.41, 5.74) is 4.76. The van der Waals surface area contributed by atoms with Gasteiger partial charge >= 0.3 is 5.97 Å². The number of amides is 1. The molecule has 0 fully saturated rings. The molecule has 0 aromatic heterocycles. The van der Waals surface area contributed by atoms with Gasteiger partial charge in [0.25, 0.3) is 0 Å². The fraction of sp³-hybridized carbons (Fsp3) is 0.366. The van der Waals surface area contributed by atoms with Gasteiger partial charge in [0, 0.05) is 12.8 Å². The predicted octanol–water partition coefficient (Wildman–Crippen LogP) is 8.24. The zero-order chi connectivity index (χ0) is 34.6. The van der Waals surface area contributed by atoms with E-state index in [1.54, 1.807) is 6.92 Å². The average molecular weight is 664 g/mol. The molecule has 0 saturated heterocycles. The van der Waals surface area contributed by atoms with Crippen LogP contribution in [0.4, 0.5) is 0 Å². The Morgan fingerprint density at radius 3 is 1.79 bits per heavy atom. The van der Waals surface area contributed by atoms with E-state index < -0.39 is 31.2 Å². The van der Waals surface area contributed by atoms with Crippen LogP contribution in [0.1, 0.15) is 87.3 Å². The first-order chi connectivity index (χ1) is 22.9. The van der Waals surface area contributed by atoms with Gasteiger partial charge in [-0.2, -0.15) is 0 Å². The third-order valence-electron chi connectivity index (χ3n) is 9.79. The summed E-state index contributed by atoms with van der Waals surface area (Å²) in [5.74, 6) is -2.22. The fourth-order valence-corrected chi connectivity index (χ4v) is 8.38. The average Bonchev–Trinajstić information content (AvgIpc) is 3.27. The first-order valence-corrected chi connectivity index (χ1v) is 17.5. The number of carbonyl (C=O) groups is 2. The van der Waals surface area contributed by atoms with E-state index in [9.17, 15) is 19.3 Å². The van der Waals surface area contributed by atoms with Crippen molar-refractivity contribution < 1.29 is 24.0 Å². The highest BCUT2D eigenvalue weighted by Crippen LogP contribution is 2.50. The molecule has 1 aliphatic carbocycles. The maximum Gasteiger partial charge on any atom is 0.312 e. The molecule has 1 amide bonds. The zero-order valence-corrected chi connectivity index (χ0v) is 29.4. The van der Waals surface area contributed by atoms with Gasteiger partial charge in [0.1, 0.15) is 5.54 Å². The van der Waals surface area contributed by atoms with Crippen LogP contribution in [0, 0.1) is 5.92 Å². The van der Waals surface area contributed by atoms with Crippen LogP contribution in [0.15, 0.2) is 109 Å². The van der Waals surface area contributed by atoms with E-state index in [1.807, 2.05) is 97.1 Å². The molecule has 6 nitrogen and oxygen atoms in total. The molecule has 7 heteroatoms. The topological polar surface area (TPSA) is 92.7 Å². The number of aliphatic hydroxyl groups is 1. The maximum absolute atomic E-state index is 14.1. The van der Waals surface area contributed by atoms with Crippen molar-refractivity contribution in [2.45, 2.75) is 82.0 Å². The quantitative estimate of drug-likeness (QED) is 0.0854. The highest BCUT2D eigenvalue weighted by molar-refractivity contribution is 7.25. The van der Waals surface area contributed by atoms with Crippen molar-refractivity contribution in [3.63, 3.8) is 0 Å². The number of ether oxygens (including phenoxy) is 1. The monoisotopic (exact) mass is 663 g/mol. The Labute approximate surface area is 286 Å². The Morgan fingerprint density at radius 2 is 1.31 bits per heavy atom. The molecule has 250 valence electrons. The molecule has 0 bridgehead atoms. The lowest BCUT2D eigenvalue weighted by Gasteiger charge is -2.37. The number of carbonyl (C=O) groups excluding carboxylic acids is 2. The molecule has 48 heavy (non-hydrogen) atoms. The second-order valence-corrected chi connectivity index (χ2v) is 15.2. The number of rotatable bonds is 13. The van der Waals surface area contributed by atoms with E-state index in [0.29, 0.717) is 0 Å². The van der Waals surface area contributed by atoms with Crippen LogP contribution < -0.4 is 5.32 Å². The fourth-order valence-electron chi connectivity index (χ4n) is 7.77. The Hall–Kier alpha value is -4.12. The minimum atomic E-state index is -1.98. The Kier molecular flexibility index (Phi) is 10.4. The molecule has 2 N–H and O–H groups in total. The van der Waals surface area contributed by atoms with Gasteiger partial charge in [-0.3, -0.25) is 14.2 Å². The largest absolute Gasteiger partial charge is 0.466 e. The summed E-state index contributed by atoms with van der Waals surface area (Å²) in [4.78, 5) is 27.5. The van der Waals surface area contributed by atoms with Gasteiger partial charge in [0.15, 0.2) is 13.8 Å². The van der Waals surface area contributed by atoms with Crippen molar-refractivity contribution in [2.24, 2.45) is 5.92 Å². The van der Waals surface area contributed by atoms with Gasteiger partial charge in [0.2, 0.25) is 5.91 Å². The number of fused-ring (bicyclic) bond motifs is 1. The van der Waals surface area contributed by atoms with E-state index in [2.05, 4.69) is 45.1 Å². The molecule has 0 radical (unpaired) electrons. The van der Waals surface area contributed by atoms with Crippen LogP contribution in [0.3, 0.4) is 0 Å². The minimum Gasteiger partial charge on any atom is -0.466 e. The Bertz CT molecular complexity index is 1640. The minimum absolute atomic E-state index is 0.0136. The lowest BCUT2D eigenvalue weighted by molar-refractivity contribution is -0.154. The molecular formula is C41H46NO5P. The van der Waals surface area contributed by atoms with Crippen molar-refractivity contribution >= 4 is 20.3 Å². The van der Waals surface area contributed by atoms with Gasteiger partial charge in [-0.1, -0.05) is 137 Å². The first-order valence-electron chi connectivity index (χ1n) is 16.7. The highest BCUT2D eigenvalue weighted by Gasteiger charge is 2.46. The van der Waals surface area contributed by atoms with Gasteiger partial charge in [-0.25, -0.2) is 0 Å². The number of hydrogen-bond donors (Lipinski definition) is 2. The molecule has 0 saturated carbocycles. The van der Waals surface area contributed by atoms with Crippen molar-refractivity contribution in [1.29, 1.82) is 0 Å². The summed E-state index contributed by atoms with van der Waals surface area (Å²) in [6.07, 6.45) is 0.782. The van der Waals surface area contributed by atoms with Crippen molar-refractivity contribution in [1.82, 2.24) is 5.32 Å². The highest BCUT2D eigenvalue weighted by atomic mass is 31.1. The van der Waals surface area contributed by atoms with Crippen molar-refractivity contribution in [3.05, 3.63) is 143 Å². The molecule has 1 aliphatic rings. The number of nitrogens with one attached hydrogen (secondary N) is 1. The normalized spacial score (nSPS) is 16.8. The molecule has 4 aromatic rings. The SMILES string of the molecule is CCOC(=O)C(CCC(=O)NC(c1ccccc1)(c1ccccc1)c1ccccc1)C(O)(Cc1ccc2c(c1)C(C)(C)CC2(C)C)P=O. The summed E-state index contributed by atoms with van der Waals surface area (Å²) in [5, 5.41) is 13.3. The molecule has 4 aromatic carbocycles. The van der Waals surface area contributed by atoms with E-state index in [-0.39, 0.29) is 42.6 Å². The third kappa shape index (κ3) is 7.02. The second-order valence-electron chi connectivity index (χ2n) is 14.2. The van der Waals surface area contributed by atoms with Crippen molar-refractivity contribution in [2.75, 3.05) is 6.61 Å². The number of esters is 1. The van der Waals surface area contributed by atoms with E-state index in [1.165, 1.54) is 11.1 Å². The molecule has 5 rings (SSSR count). The molecule has 0 spiro atoms. The number of hydrogen-bond acceptors (Lipinski definition) is 5. The van der Waals surface area contributed by atoms with Crippen LogP contribution in [-0.2, 0) is 41.7 Å². The first kappa shape index (κ1) is 35.2. The lowest BCUT2D eigenvalue weighted by atomic mass is 9.76. The van der Waals surface area contributed by atoms with Gasteiger partial charge in [-0.05, 0) is 64.0 Å². The van der Waals surface area contributed by atoms with Gasteiger partial charge in [0.05, 0.1) is 12.5 Å². The molecular weight excluding hydrogens is 617 g/mol. The molecule has 2 atom stereocenters. The Balaban J connectivity index is 1.46. The summed E-state index contributed by atoms with van der Waals surface area (Å²) < 4.78 is 18.2. The van der Waals surface area contributed by atoms with E-state index in [4.69, 9.17) is 4.74 Å². The summed E-state index contributed by atoms with van der Waals surface area (Å²) in [7, 11) is -0.610. The van der Waals surface area contributed by atoms with Gasteiger partial charge in [-0.15, -0.1) is 0 Å². The van der Waals surface area contributed by atoms with Crippen LogP contribution >= 0.6 is 8.46 Å². The van der Waals surface area contributed by atoms with Crippen LogP contribution in [0.5, 0.6) is 0 Å². The van der Waals surface area contributed by atoms with E-state index in [0.717, 1.165) is 28.7 Å². The lowest BCUT2D eigenvalue weighted by Crippen LogP contribution is -2.48. The van der Waals surface area contributed by atoms with Crippen LogP contribution in [0.2, 0.25) is 0 Å². The number of benzene rings is 4. The smallest absolute Gasteiger partial charge is 0.312 e. The van der Waals surface area contributed by atoms with Crippen LogP contribution in [0.25, 0.3) is 0 Å². The van der Waals surface area contributed by atoms with Gasteiger partial charge < -0.3 is 15.2 Å². The summed E-state index contributed by atoms with van der Waals surface area (Å²) >= 11 is 0. The van der Waals surface area contributed by atoms with Crippen molar-refractivity contribution in [3.8, 4) is 0 Å². The predicted molar refractivity (Wildman–Crippen MR) is 190 cm³/mol. The maximum atomic E-state index is 14.1. The molecule has 0 aliphatic heterocycles. The second kappa shape index (κ2) is 14.2.